The Kier molecular flexibility index (Phi) is 15.9. The number of hydrogen-bond acceptors (Lipinski definition) is 7. The highest BCUT2D eigenvalue weighted by Gasteiger charge is 2.40. The third kappa shape index (κ3) is 13.1. The van der Waals surface area contributed by atoms with Crippen LogP contribution in [0.15, 0.2) is 72.8 Å². The number of fused-ring (bicyclic) bond motifs is 2. The van der Waals surface area contributed by atoms with E-state index in [9.17, 15) is 50.3 Å². The van der Waals surface area contributed by atoms with E-state index in [2.05, 4.69) is 16.0 Å². The fraction of sp³-hybridized carbons (Fsp3) is 0.453. The minimum Gasteiger partial charge on any atom is -0.444 e. The van der Waals surface area contributed by atoms with Gasteiger partial charge in [-0.1, -0.05) is 48.5 Å². The molecular weight excluding hydrogens is 931 g/mol. The quantitative estimate of drug-likeness (QED) is 0.150. The Morgan fingerprint density at radius 2 is 1.08 bits per heavy atom. The molecule has 18 heteroatoms. The van der Waals surface area contributed by atoms with Crippen LogP contribution in [-0.2, 0) is 75.0 Å². The molecule has 380 valence electrons. The van der Waals surface area contributed by atoms with Gasteiger partial charge < -0.3 is 30.5 Å². The molecule has 2 atom stereocenters. The van der Waals surface area contributed by atoms with Crippen LogP contribution < -0.4 is 16.0 Å². The lowest BCUT2D eigenvalue weighted by atomic mass is 9.94. The number of alkyl halides is 6. The fourth-order valence-electron chi connectivity index (χ4n) is 9.52. The van der Waals surface area contributed by atoms with Gasteiger partial charge in [-0.2, -0.15) is 26.3 Å². The topological polar surface area (TPSA) is 140 Å². The lowest BCUT2D eigenvalue weighted by Crippen LogP contribution is -2.50. The second kappa shape index (κ2) is 21.5. The van der Waals surface area contributed by atoms with Crippen LogP contribution in [0, 0.1) is 13.8 Å². The van der Waals surface area contributed by atoms with Crippen LogP contribution in [0.3, 0.4) is 0 Å². The van der Waals surface area contributed by atoms with E-state index >= 15 is 0 Å². The molecule has 3 N–H and O–H groups in total. The van der Waals surface area contributed by atoms with Gasteiger partial charge in [-0.05, 0) is 148 Å². The molecule has 4 aromatic rings. The number of carbonyl (C=O) groups is 5. The first-order valence-electron chi connectivity index (χ1n) is 23.9. The average molecular weight is 991 g/mol. The highest BCUT2D eigenvalue weighted by Crippen LogP contribution is 2.34. The van der Waals surface area contributed by atoms with Gasteiger partial charge in [0.15, 0.2) is 0 Å². The molecule has 2 unspecified atom stereocenters. The van der Waals surface area contributed by atoms with Gasteiger partial charge in [-0.15, -0.1) is 0 Å². The smallest absolute Gasteiger partial charge is 0.416 e. The van der Waals surface area contributed by atoms with E-state index < -0.39 is 41.2 Å². The molecule has 71 heavy (non-hydrogen) atoms. The van der Waals surface area contributed by atoms with Gasteiger partial charge in [0, 0.05) is 44.1 Å². The number of amides is 5. The number of likely N-dealkylation sites (tertiary alicyclic amines) is 1. The summed E-state index contributed by atoms with van der Waals surface area (Å²) in [6, 6.07) is 16.3. The second-order valence-corrected chi connectivity index (χ2v) is 19.6. The molecule has 12 nitrogen and oxygen atoms in total. The molecule has 2 saturated heterocycles. The van der Waals surface area contributed by atoms with E-state index in [4.69, 9.17) is 4.74 Å². The van der Waals surface area contributed by atoms with Crippen molar-refractivity contribution in [1.82, 2.24) is 20.0 Å². The highest BCUT2D eigenvalue weighted by molar-refractivity contribution is 5.95. The molecule has 0 aliphatic carbocycles. The Hall–Kier alpha value is -6.43. The monoisotopic (exact) mass is 990 g/mol. The predicted molar refractivity (Wildman–Crippen MR) is 255 cm³/mol. The third-order valence-electron chi connectivity index (χ3n) is 13.2. The van der Waals surface area contributed by atoms with Crippen molar-refractivity contribution in [2.24, 2.45) is 0 Å². The largest absolute Gasteiger partial charge is 0.444 e. The zero-order valence-corrected chi connectivity index (χ0v) is 40.5. The summed E-state index contributed by atoms with van der Waals surface area (Å²) < 4.78 is 82.2. The van der Waals surface area contributed by atoms with Crippen molar-refractivity contribution in [1.29, 1.82) is 0 Å². The standard InChI is InChI=1S/C29H34F3N3O4.C24H26F3N3O2/c1-18-7-10-20-17-34(26(37)23-6-5-14-35(23)27(38)39-28(2,3)4)15-13-22(20)25(18)33-24(36)16-19-8-11-21(12-9-19)29(30,31)32;1-15-4-7-17-14-30(23(32)20-3-2-11-28-20)12-10-19(17)22(15)29-21(31)13-16-5-8-18(9-6-16)24(25,26)27/h7-12,23H,5-6,13-17H2,1-4H3,(H,33,36);4-9,20,28H,2-3,10-14H2,1H3,(H,29,31). The normalized spacial score (nSPS) is 17.9. The molecule has 0 aromatic heterocycles. The van der Waals surface area contributed by atoms with E-state index in [0.717, 1.165) is 89.1 Å². The molecule has 4 aliphatic rings. The summed E-state index contributed by atoms with van der Waals surface area (Å²) in [6.07, 6.45) is -5.03. The molecule has 5 amide bonds. The molecule has 2 fully saturated rings. The van der Waals surface area contributed by atoms with Crippen LogP contribution in [0.5, 0.6) is 0 Å². The maximum Gasteiger partial charge on any atom is 0.416 e. The van der Waals surface area contributed by atoms with Gasteiger partial charge in [-0.25, -0.2) is 4.79 Å². The molecule has 4 aliphatic heterocycles. The van der Waals surface area contributed by atoms with Crippen LogP contribution in [-0.4, -0.2) is 88.3 Å². The van der Waals surface area contributed by atoms with Crippen molar-refractivity contribution >= 4 is 41.1 Å². The molecule has 4 aromatic carbocycles. The van der Waals surface area contributed by atoms with Gasteiger partial charge in [0.25, 0.3) is 0 Å². The number of aryl methyl sites for hydroxylation is 2. The number of nitrogens with zero attached hydrogens (tertiary/aromatic N) is 3. The van der Waals surface area contributed by atoms with Crippen LogP contribution in [0.4, 0.5) is 42.5 Å². The summed E-state index contributed by atoms with van der Waals surface area (Å²) in [6.45, 7) is 12.4. The summed E-state index contributed by atoms with van der Waals surface area (Å²) in [5.74, 6) is -0.599. The molecule has 8 rings (SSSR count). The minimum atomic E-state index is -4.43. The van der Waals surface area contributed by atoms with Gasteiger partial charge >= 0.3 is 18.4 Å². The maximum atomic E-state index is 13.4. The van der Waals surface area contributed by atoms with Crippen LogP contribution in [0.2, 0.25) is 0 Å². The lowest BCUT2D eigenvalue weighted by molar-refractivity contribution is -0.138. The zero-order valence-electron chi connectivity index (χ0n) is 40.5. The van der Waals surface area contributed by atoms with Gasteiger partial charge in [-0.3, -0.25) is 24.1 Å². The SMILES string of the molecule is Cc1ccc2c(c1NC(=O)Cc1ccc(C(F)(F)F)cc1)CCN(C(=O)C1CCCN1)C2.Cc1ccc2c(c1NC(=O)Cc1ccc(C(F)(F)F)cc1)CCN(C(=O)C1CCCN1C(=O)OC(C)(C)C)C2. The Bertz CT molecular complexity index is 2620. The molecule has 0 radical (unpaired) electrons. The molecule has 4 heterocycles. The van der Waals surface area contributed by atoms with E-state index in [-0.39, 0.29) is 42.5 Å². The lowest BCUT2D eigenvalue weighted by Gasteiger charge is -2.35. The number of rotatable bonds is 8. The zero-order chi connectivity index (χ0) is 51.4. The number of carbonyl (C=O) groups excluding carboxylic acids is 5. The van der Waals surface area contributed by atoms with E-state index in [1.54, 1.807) is 25.7 Å². The van der Waals surface area contributed by atoms with Gasteiger partial charge in [0.2, 0.25) is 23.6 Å². The summed E-state index contributed by atoms with van der Waals surface area (Å²) in [7, 11) is 0. The number of anilines is 2. The highest BCUT2D eigenvalue weighted by atomic mass is 19.4. The summed E-state index contributed by atoms with van der Waals surface area (Å²) in [4.78, 5) is 69.5. The summed E-state index contributed by atoms with van der Waals surface area (Å²) >= 11 is 0. The first kappa shape index (κ1) is 52.4. The predicted octanol–water partition coefficient (Wildman–Crippen LogP) is 9.31. The first-order chi connectivity index (χ1) is 33.4. The van der Waals surface area contributed by atoms with Crippen LogP contribution in [0.25, 0.3) is 0 Å². The average Bonchev–Trinajstić information content (AvgIpc) is 4.04. The molecule has 0 spiro atoms. The Morgan fingerprint density at radius 3 is 1.51 bits per heavy atom. The third-order valence-corrected chi connectivity index (χ3v) is 13.2. The Morgan fingerprint density at radius 1 is 0.620 bits per heavy atom. The number of halogens is 6. The fourth-order valence-corrected chi connectivity index (χ4v) is 9.52. The van der Waals surface area contributed by atoms with Crippen LogP contribution in [0.1, 0.15) is 102 Å². The van der Waals surface area contributed by atoms with Crippen molar-refractivity contribution < 1.29 is 55.1 Å². The molecule has 0 bridgehead atoms. The number of nitrogens with one attached hydrogen (secondary N) is 3. The van der Waals surface area contributed by atoms with Crippen LogP contribution >= 0.6 is 0 Å². The van der Waals surface area contributed by atoms with E-state index in [1.165, 1.54) is 29.2 Å². The molecular formula is C53H60F6N6O6. The number of ether oxygens (including phenoxy) is 1. The van der Waals surface area contributed by atoms with Crippen molar-refractivity contribution in [3.05, 3.63) is 128 Å². The number of benzene rings is 4. The Balaban J connectivity index is 0.000000213. The van der Waals surface area contributed by atoms with E-state index in [0.29, 0.717) is 68.8 Å². The maximum absolute atomic E-state index is 13.4. The molecule has 0 saturated carbocycles. The second-order valence-electron chi connectivity index (χ2n) is 19.6. The Labute approximate surface area is 409 Å². The van der Waals surface area contributed by atoms with Crippen molar-refractivity contribution in [3.8, 4) is 0 Å². The van der Waals surface area contributed by atoms with Gasteiger partial charge in [0.05, 0.1) is 30.0 Å². The summed E-state index contributed by atoms with van der Waals surface area (Å²) in [5.41, 5.74) is 5.93. The van der Waals surface area contributed by atoms with E-state index in [1.807, 2.05) is 43.0 Å². The number of hydrogen-bond donors (Lipinski definition) is 3. The first-order valence-corrected chi connectivity index (χ1v) is 23.9. The van der Waals surface area contributed by atoms with Crippen molar-refractivity contribution in [2.75, 3.05) is 36.8 Å². The summed E-state index contributed by atoms with van der Waals surface area (Å²) in [5, 5.41) is 9.14. The van der Waals surface area contributed by atoms with Crippen molar-refractivity contribution in [3.63, 3.8) is 0 Å². The van der Waals surface area contributed by atoms with Gasteiger partial charge in [0.1, 0.15) is 11.6 Å². The minimum absolute atomic E-state index is 0.0147. The van der Waals surface area contributed by atoms with Crippen molar-refractivity contribution in [2.45, 2.75) is 129 Å².